The molecule has 0 aliphatic carbocycles. The third kappa shape index (κ3) is 8.35. The number of aliphatic hydroxyl groups is 1. The van der Waals surface area contributed by atoms with Crippen molar-refractivity contribution in [2.45, 2.75) is 38.3 Å². The molecule has 0 aromatic heterocycles. The van der Waals surface area contributed by atoms with Crippen molar-refractivity contribution >= 4 is 5.91 Å². The van der Waals surface area contributed by atoms with Gasteiger partial charge in [0.2, 0.25) is 5.91 Å². The standard InChI is InChI=1S/C10H22N2O3/c1-8(11)3-4-10(14)12-9(5-6-13)7-15-2/h8-9,13H,3-7,11H2,1-2H3,(H,12,14). The summed E-state index contributed by atoms with van der Waals surface area (Å²) in [6.45, 7) is 2.33. The first-order valence-corrected chi connectivity index (χ1v) is 5.24. The van der Waals surface area contributed by atoms with Gasteiger partial charge in [0.15, 0.2) is 0 Å². The van der Waals surface area contributed by atoms with Crippen LogP contribution in [0.15, 0.2) is 0 Å². The number of carbonyl (C=O) groups is 1. The molecule has 90 valence electrons. The Morgan fingerprint density at radius 1 is 1.53 bits per heavy atom. The molecule has 0 aromatic carbocycles. The van der Waals surface area contributed by atoms with E-state index in [0.717, 1.165) is 0 Å². The molecule has 0 heterocycles. The Morgan fingerprint density at radius 2 is 2.20 bits per heavy atom. The van der Waals surface area contributed by atoms with E-state index in [1.54, 1.807) is 7.11 Å². The van der Waals surface area contributed by atoms with E-state index in [1.165, 1.54) is 0 Å². The van der Waals surface area contributed by atoms with Gasteiger partial charge in [-0.15, -0.1) is 0 Å². The SMILES string of the molecule is COCC(CCO)NC(=O)CCC(C)N. The van der Waals surface area contributed by atoms with Crippen LogP contribution in [0, 0.1) is 0 Å². The lowest BCUT2D eigenvalue weighted by molar-refractivity contribution is -0.122. The van der Waals surface area contributed by atoms with Gasteiger partial charge in [-0.1, -0.05) is 0 Å². The van der Waals surface area contributed by atoms with Crippen LogP contribution in [0.25, 0.3) is 0 Å². The Kier molecular flexibility index (Phi) is 8.27. The van der Waals surface area contributed by atoms with Crippen molar-refractivity contribution < 1.29 is 14.6 Å². The fourth-order valence-corrected chi connectivity index (χ4v) is 1.21. The van der Waals surface area contributed by atoms with Crippen LogP contribution in [-0.2, 0) is 9.53 Å². The van der Waals surface area contributed by atoms with Crippen LogP contribution in [0.1, 0.15) is 26.2 Å². The Labute approximate surface area is 91.0 Å². The molecule has 5 nitrogen and oxygen atoms in total. The fraction of sp³-hybridized carbons (Fsp3) is 0.900. The number of methoxy groups -OCH3 is 1. The van der Waals surface area contributed by atoms with Crippen LogP contribution in [0.2, 0.25) is 0 Å². The minimum Gasteiger partial charge on any atom is -0.396 e. The van der Waals surface area contributed by atoms with Crippen LogP contribution < -0.4 is 11.1 Å². The van der Waals surface area contributed by atoms with Gasteiger partial charge in [-0.2, -0.15) is 0 Å². The van der Waals surface area contributed by atoms with Crippen molar-refractivity contribution in [1.29, 1.82) is 0 Å². The van der Waals surface area contributed by atoms with Crippen LogP contribution in [0.4, 0.5) is 0 Å². The smallest absolute Gasteiger partial charge is 0.220 e. The molecule has 0 aromatic rings. The predicted octanol–water partition coefficient (Wildman–Crippen LogP) is -0.373. The highest BCUT2D eigenvalue weighted by Crippen LogP contribution is 1.97. The Hall–Kier alpha value is -0.650. The van der Waals surface area contributed by atoms with Crippen LogP contribution in [0.5, 0.6) is 0 Å². The van der Waals surface area contributed by atoms with Gasteiger partial charge in [-0.05, 0) is 19.8 Å². The number of nitrogens with one attached hydrogen (secondary N) is 1. The van der Waals surface area contributed by atoms with Gasteiger partial charge in [-0.3, -0.25) is 4.79 Å². The molecule has 0 saturated carbocycles. The second kappa shape index (κ2) is 8.64. The van der Waals surface area contributed by atoms with Gasteiger partial charge in [0, 0.05) is 26.2 Å². The van der Waals surface area contributed by atoms with Crippen LogP contribution in [-0.4, -0.2) is 43.4 Å². The molecular formula is C10H22N2O3. The molecule has 0 bridgehead atoms. The van der Waals surface area contributed by atoms with Gasteiger partial charge < -0.3 is 20.9 Å². The van der Waals surface area contributed by atoms with E-state index in [1.807, 2.05) is 6.92 Å². The number of hydrogen-bond acceptors (Lipinski definition) is 4. The highest BCUT2D eigenvalue weighted by molar-refractivity contribution is 5.76. The van der Waals surface area contributed by atoms with E-state index in [0.29, 0.717) is 25.9 Å². The first-order valence-electron chi connectivity index (χ1n) is 5.24. The van der Waals surface area contributed by atoms with Gasteiger partial charge in [0.05, 0.1) is 12.6 Å². The maximum atomic E-state index is 11.4. The highest BCUT2D eigenvalue weighted by atomic mass is 16.5. The third-order valence-electron chi connectivity index (χ3n) is 2.04. The van der Waals surface area contributed by atoms with E-state index in [9.17, 15) is 4.79 Å². The molecule has 5 heteroatoms. The van der Waals surface area contributed by atoms with Crippen molar-refractivity contribution in [3.8, 4) is 0 Å². The second-order valence-electron chi connectivity index (χ2n) is 3.75. The van der Waals surface area contributed by atoms with Crippen molar-refractivity contribution in [2.75, 3.05) is 20.3 Å². The number of carbonyl (C=O) groups excluding carboxylic acids is 1. The highest BCUT2D eigenvalue weighted by Gasteiger charge is 2.11. The van der Waals surface area contributed by atoms with E-state index in [4.69, 9.17) is 15.6 Å². The maximum absolute atomic E-state index is 11.4. The lowest BCUT2D eigenvalue weighted by atomic mass is 10.1. The summed E-state index contributed by atoms with van der Waals surface area (Å²) in [4.78, 5) is 11.4. The Bertz CT molecular complexity index is 168. The number of amides is 1. The molecule has 0 rings (SSSR count). The maximum Gasteiger partial charge on any atom is 0.220 e. The molecule has 2 atom stereocenters. The van der Waals surface area contributed by atoms with Gasteiger partial charge >= 0.3 is 0 Å². The predicted molar refractivity (Wildman–Crippen MR) is 58.4 cm³/mol. The van der Waals surface area contributed by atoms with Crippen molar-refractivity contribution in [2.24, 2.45) is 5.73 Å². The summed E-state index contributed by atoms with van der Waals surface area (Å²) in [6, 6.07) is -0.0740. The van der Waals surface area contributed by atoms with E-state index in [-0.39, 0.29) is 24.6 Å². The van der Waals surface area contributed by atoms with Crippen molar-refractivity contribution in [3.63, 3.8) is 0 Å². The third-order valence-corrected chi connectivity index (χ3v) is 2.04. The average Bonchev–Trinajstić information content (AvgIpc) is 2.15. The summed E-state index contributed by atoms with van der Waals surface area (Å²) in [5, 5.41) is 11.6. The zero-order valence-electron chi connectivity index (χ0n) is 9.53. The minimum atomic E-state index is -0.111. The van der Waals surface area contributed by atoms with Gasteiger partial charge in [-0.25, -0.2) is 0 Å². The molecule has 2 unspecified atom stereocenters. The number of nitrogens with two attached hydrogens (primary N) is 1. The molecule has 1 amide bonds. The Morgan fingerprint density at radius 3 is 2.67 bits per heavy atom. The first kappa shape index (κ1) is 14.3. The fourth-order valence-electron chi connectivity index (χ4n) is 1.21. The lowest BCUT2D eigenvalue weighted by Gasteiger charge is -2.17. The normalized spacial score (nSPS) is 14.7. The van der Waals surface area contributed by atoms with Crippen LogP contribution >= 0.6 is 0 Å². The molecule has 4 N–H and O–H groups in total. The molecule has 0 spiro atoms. The number of rotatable bonds is 8. The summed E-state index contributed by atoms with van der Waals surface area (Å²) >= 11 is 0. The largest absolute Gasteiger partial charge is 0.396 e. The summed E-state index contributed by atoms with van der Waals surface area (Å²) in [5.41, 5.74) is 5.54. The number of aliphatic hydroxyl groups excluding tert-OH is 1. The minimum absolute atomic E-state index is 0.0365. The van der Waals surface area contributed by atoms with Gasteiger partial charge in [0.1, 0.15) is 0 Å². The average molecular weight is 218 g/mol. The van der Waals surface area contributed by atoms with Crippen molar-refractivity contribution in [3.05, 3.63) is 0 Å². The molecule has 15 heavy (non-hydrogen) atoms. The second-order valence-corrected chi connectivity index (χ2v) is 3.75. The van der Waals surface area contributed by atoms with E-state index in [2.05, 4.69) is 5.32 Å². The summed E-state index contributed by atoms with van der Waals surface area (Å²) in [7, 11) is 1.57. The van der Waals surface area contributed by atoms with E-state index >= 15 is 0 Å². The Balaban J connectivity index is 3.77. The number of hydrogen-bond donors (Lipinski definition) is 3. The quantitative estimate of drug-likeness (QED) is 0.519. The number of ether oxygens (including phenoxy) is 1. The monoisotopic (exact) mass is 218 g/mol. The van der Waals surface area contributed by atoms with Gasteiger partial charge in [0.25, 0.3) is 0 Å². The molecule has 0 fully saturated rings. The molecule has 0 aliphatic heterocycles. The zero-order chi connectivity index (χ0) is 11.7. The van der Waals surface area contributed by atoms with Crippen LogP contribution in [0.3, 0.4) is 0 Å². The topological polar surface area (TPSA) is 84.6 Å². The molecule has 0 radical (unpaired) electrons. The summed E-state index contributed by atoms with van der Waals surface area (Å²) in [5.74, 6) is -0.0391. The summed E-state index contributed by atoms with van der Waals surface area (Å²) < 4.78 is 4.93. The molecule has 0 aliphatic rings. The van der Waals surface area contributed by atoms with Crippen molar-refractivity contribution in [1.82, 2.24) is 5.32 Å². The summed E-state index contributed by atoms with van der Waals surface area (Å²) in [6.07, 6.45) is 1.60. The van der Waals surface area contributed by atoms with E-state index < -0.39 is 0 Å². The first-order chi connectivity index (χ1) is 7.10. The zero-order valence-corrected chi connectivity index (χ0v) is 9.53. The lowest BCUT2D eigenvalue weighted by Crippen LogP contribution is -2.39. The molecular weight excluding hydrogens is 196 g/mol. The molecule has 0 saturated heterocycles.